The number of ether oxygens (including phenoxy) is 6. The standard InChI is InChI=1S/C60H52O18P2/c1-67-51(61)33-39-21-9-15-27-47(39)73-79(74-48-28-16-10-22-40(48)34-52(62)68-2)77-57-45(59(65)71-5)31-37-19-7-13-25-43(37)55(57)56-44-26-14-8-20-38(44)32-46(60(66)72-6)58(56)78-80(75-49-29-17-11-23-41(49)35-53(63)69-3)76-50-30-18-12-24-42(50)36-54(64)70-4/h7-32H,33-36H2,1-6H3. The van der Waals surface area contributed by atoms with Gasteiger partial charge in [-0.2, -0.15) is 0 Å². The Morgan fingerprint density at radius 1 is 0.325 bits per heavy atom. The van der Waals surface area contributed by atoms with Crippen LogP contribution in [-0.4, -0.2) is 78.5 Å². The number of hydrogen-bond donors (Lipinski definition) is 0. The van der Waals surface area contributed by atoms with Crippen LogP contribution in [0.15, 0.2) is 158 Å². The lowest BCUT2D eigenvalue weighted by Gasteiger charge is -2.26. The molecule has 8 aromatic rings. The van der Waals surface area contributed by atoms with Gasteiger partial charge in [0.05, 0.1) is 68.3 Å². The van der Waals surface area contributed by atoms with Crippen molar-refractivity contribution in [1.82, 2.24) is 0 Å². The van der Waals surface area contributed by atoms with Gasteiger partial charge in [0.1, 0.15) is 34.1 Å². The molecule has 80 heavy (non-hydrogen) atoms. The summed E-state index contributed by atoms with van der Waals surface area (Å²) in [5, 5.41) is 1.87. The fourth-order valence-electron chi connectivity index (χ4n) is 8.31. The van der Waals surface area contributed by atoms with Crippen LogP contribution < -0.4 is 27.1 Å². The maximum Gasteiger partial charge on any atom is 0.530 e. The molecule has 0 aromatic heterocycles. The first-order chi connectivity index (χ1) is 38.9. The molecule has 0 unspecified atom stereocenters. The number of benzene rings is 8. The third-order valence-electron chi connectivity index (χ3n) is 12.2. The second-order valence-corrected chi connectivity index (χ2v) is 19.1. The Kier molecular flexibility index (Phi) is 19.1. The van der Waals surface area contributed by atoms with E-state index in [1.54, 1.807) is 158 Å². The second kappa shape index (κ2) is 26.9. The van der Waals surface area contributed by atoms with Gasteiger partial charge in [0, 0.05) is 33.4 Å². The van der Waals surface area contributed by atoms with Crippen LogP contribution in [0.4, 0.5) is 0 Å². The van der Waals surface area contributed by atoms with Gasteiger partial charge in [-0.05, 0) is 57.9 Å². The SMILES string of the molecule is COC(=O)Cc1ccccc1OP(Oc1ccccc1CC(=O)OC)Oc1c(C(=O)OC)cc2ccccc2c1-c1c(OP(Oc2ccccc2CC(=O)OC)Oc2ccccc2CC(=O)OC)c(C(=O)OC)cc2ccccc12. The molecular formula is C60H52O18P2. The van der Waals surface area contributed by atoms with Crippen LogP contribution in [0.2, 0.25) is 0 Å². The van der Waals surface area contributed by atoms with Crippen LogP contribution in [0.5, 0.6) is 34.5 Å². The Morgan fingerprint density at radius 3 is 0.863 bits per heavy atom. The Balaban J connectivity index is 1.43. The maximum atomic E-state index is 14.5. The van der Waals surface area contributed by atoms with Gasteiger partial charge in [0.15, 0.2) is 11.5 Å². The van der Waals surface area contributed by atoms with E-state index in [0.717, 1.165) is 0 Å². The summed E-state index contributed by atoms with van der Waals surface area (Å²) in [6.07, 6.45) is -0.874. The van der Waals surface area contributed by atoms with Crippen molar-refractivity contribution >= 4 is 74.6 Å². The summed E-state index contributed by atoms with van der Waals surface area (Å²) in [6.45, 7) is 0. The minimum Gasteiger partial charge on any atom is -0.469 e. The summed E-state index contributed by atoms with van der Waals surface area (Å²) in [6, 6.07) is 43.8. The molecule has 0 aliphatic carbocycles. The van der Waals surface area contributed by atoms with Gasteiger partial charge < -0.3 is 55.6 Å². The highest BCUT2D eigenvalue weighted by molar-refractivity contribution is 7.43. The molecular weight excluding hydrogens is 1070 g/mol. The molecule has 8 rings (SSSR count). The van der Waals surface area contributed by atoms with Gasteiger partial charge in [-0.25, -0.2) is 9.59 Å². The van der Waals surface area contributed by atoms with Crippen LogP contribution in [0.1, 0.15) is 43.0 Å². The number of hydrogen-bond acceptors (Lipinski definition) is 18. The summed E-state index contributed by atoms with van der Waals surface area (Å²) in [7, 11) is 1.74. The highest BCUT2D eigenvalue weighted by Crippen LogP contribution is 2.56. The molecule has 0 aliphatic heterocycles. The monoisotopic (exact) mass is 1120 g/mol. The normalized spacial score (nSPS) is 10.8. The lowest BCUT2D eigenvalue weighted by atomic mass is 9.89. The molecule has 0 saturated carbocycles. The van der Waals surface area contributed by atoms with E-state index in [0.29, 0.717) is 43.8 Å². The lowest BCUT2D eigenvalue weighted by molar-refractivity contribution is -0.140. The summed E-state index contributed by atoms with van der Waals surface area (Å²) in [4.78, 5) is 80.2. The molecule has 0 aliphatic rings. The molecule has 0 atom stereocenters. The highest BCUT2D eigenvalue weighted by Gasteiger charge is 2.36. The molecule has 410 valence electrons. The van der Waals surface area contributed by atoms with Gasteiger partial charge in [-0.3, -0.25) is 19.2 Å². The molecule has 18 nitrogen and oxygen atoms in total. The quantitative estimate of drug-likeness (QED) is 0.0331. The second-order valence-electron chi connectivity index (χ2n) is 17.1. The van der Waals surface area contributed by atoms with Crippen LogP contribution in [0.25, 0.3) is 32.7 Å². The summed E-state index contributed by atoms with van der Waals surface area (Å²) < 4.78 is 71.8. The average Bonchev–Trinajstić information content (AvgIpc) is 3.68. The van der Waals surface area contributed by atoms with E-state index in [2.05, 4.69) is 0 Å². The molecule has 0 saturated heterocycles. The summed E-state index contributed by atoms with van der Waals surface area (Å²) in [5.41, 5.74) is 1.52. The highest BCUT2D eigenvalue weighted by atomic mass is 31.2. The van der Waals surface area contributed by atoms with E-state index in [4.69, 9.17) is 55.6 Å². The van der Waals surface area contributed by atoms with E-state index >= 15 is 0 Å². The van der Waals surface area contributed by atoms with Crippen molar-refractivity contribution in [2.45, 2.75) is 25.7 Å². The van der Waals surface area contributed by atoms with Crippen molar-refractivity contribution in [3.63, 3.8) is 0 Å². The Bertz CT molecular complexity index is 3240. The van der Waals surface area contributed by atoms with Crippen LogP contribution >= 0.6 is 17.2 Å². The van der Waals surface area contributed by atoms with Gasteiger partial charge in [-0.15, -0.1) is 0 Å². The molecule has 0 N–H and O–H groups in total. The van der Waals surface area contributed by atoms with E-state index in [1.807, 2.05) is 0 Å². The van der Waals surface area contributed by atoms with Crippen LogP contribution in [0.3, 0.4) is 0 Å². The van der Waals surface area contributed by atoms with E-state index in [-0.39, 0.29) is 82.4 Å². The van der Waals surface area contributed by atoms with Gasteiger partial charge in [0.25, 0.3) is 0 Å². The van der Waals surface area contributed by atoms with Crippen molar-refractivity contribution in [2.24, 2.45) is 0 Å². The smallest absolute Gasteiger partial charge is 0.469 e. The molecule has 0 radical (unpaired) electrons. The Hall–Kier alpha value is -9.24. The molecule has 0 amide bonds. The predicted octanol–water partition coefficient (Wildman–Crippen LogP) is 11.6. The number of para-hydroxylation sites is 4. The molecule has 0 spiro atoms. The van der Waals surface area contributed by atoms with Crippen LogP contribution in [-0.2, 0) is 73.3 Å². The number of carbonyl (C=O) groups excluding carboxylic acids is 6. The molecule has 20 heteroatoms. The molecule has 8 aromatic carbocycles. The minimum absolute atomic E-state index is 0.137. The van der Waals surface area contributed by atoms with Crippen molar-refractivity contribution < 1.29 is 84.3 Å². The molecule has 0 bridgehead atoms. The zero-order valence-electron chi connectivity index (χ0n) is 44.1. The fourth-order valence-corrected chi connectivity index (χ4v) is 10.6. The van der Waals surface area contributed by atoms with Gasteiger partial charge in [0.2, 0.25) is 0 Å². The summed E-state index contributed by atoms with van der Waals surface area (Å²) >= 11 is 0. The number of methoxy groups -OCH3 is 6. The number of fused-ring (bicyclic) bond motifs is 2. The third kappa shape index (κ3) is 13.5. The van der Waals surface area contributed by atoms with Crippen LogP contribution in [0, 0.1) is 0 Å². The third-order valence-corrected chi connectivity index (χ3v) is 14.3. The fraction of sp³-hybridized carbons (Fsp3) is 0.167. The van der Waals surface area contributed by atoms with Crippen molar-refractivity contribution in [3.8, 4) is 45.6 Å². The zero-order valence-corrected chi connectivity index (χ0v) is 45.9. The first-order valence-corrected chi connectivity index (χ1v) is 26.6. The van der Waals surface area contributed by atoms with Crippen molar-refractivity contribution in [2.75, 3.05) is 42.7 Å². The molecule has 0 fully saturated rings. The maximum absolute atomic E-state index is 14.5. The van der Waals surface area contributed by atoms with E-state index in [1.165, 1.54) is 42.7 Å². The topological polar surface area (TPSA) is 213 Å². The van der Waals surface area contributed by atoms with Crippen molar-refractivity contribution in [1.29, 1.82) is 0 Å². The first-order valence-electron chi connectivity index (χ1n) is 24.4. The average molecular weight is 1120 g/mol. The van der Waals surface area contributed by atoms with E-state index < -0.39 is 53.0 Å². The number of rotatable bonds is 23. The van der Waals surface area contributed by atoms with E-state index in [9.17, 15) is 28.8 Å². The number of carbonyl (C=O) groups is 6. The van der Waals surface area contributed by atoms with Gasteiger partial charge >= 0.3 is 53.0 Å². The van der Waals surface area contributed by atoms with Crippen molar-refractivity contribution in [3.05, 3.63) is 191 Å². The first kappa shape index (κ1) is 56.9. The minimum atomic E-state index is -2.84. The Labute approximate surface area is 462 Å². The zero-order chi connectivity index (χ0) is 56.7. The van der Waals surface area contributed by atoms with Gasteiger partial charge in [-0.1, -0.05) is 121 Å². The predicted molar refractivity (Wildman–Crippen MR) is 296 cm³/mol. The number of esters is 6. The lowest BCUT2D eigenvalue weighted by Crippen LogP contribution is -2.13. The molecule has 0 heterocycles. The summed E-state index contributed by atoms with van der Waals surface area (Å²) in [5.74, 6) is -3.88. The Morgan fingerprint density at radius 2 is 0.588 bits per heavy atom. The largest absolute Gasteiger partial charge is 0.530 e.